The van der Waals surface area contributed by atoms with Crippen molar-refractivity contribution in [3.8, 4) is 11.3 Å². The average Bonchev–Trinajstić information content (AvgIpc) is 2.79. The van der Waals surface area contributed by atoms with Gasteiger partial charge in [-0.3, -0.25) is 0 Å². The van der Waals surface area contributed by atoms with Gasteiger partial charge in [-0.05, 0) is 19.1 Å². The predicted molar refractivity (Wildman–Crippen MR) is 59.2 cm³/mol. The average molecular weight is 215 g/mol. The molecule has 0 N–H and O–H groups in total. The summed E-state index contributed by atoms with van der Waals surface area (Å²) < 4.78 is 14.8. The molecule has 0 saturated carbocycles. The van der Waals surface area contributed by atoms with Crippen LogP contribution in [0.2, 0.25) is 0 Å². The monoisotopic (exact) mass is 215 g/mol. The normalized spacial score (nSPS) is 13.1. The van der Waals surface area contributed by atoms with Crippen LogP contribution in [0, 0.1) is 12.9 Å². The van der Waals surface area contributed by atoms with Gasteiger partial charge in [0.1, 0.15) is 5.82 Å². The number of fused-ring (bicyclic) bond motifs is 1. The third-order valence-electron chi connectivity index (χ3n) is 2.71. The Balaban J connectivity index is 2.19. The summed E-state index contributed by atoms with van der Waals surface area (Å²) in [5.74, 6) is 0.565. The first kappa shape index (κ1) is 9.27. The van der Waals surface area contributed by atoms with Crippen molar-refractivity contribution in [1.82, 2.24) is 14.5 Å². The number of halogens is 1. The van der Waals surface area contributed by atoms with Crippen LogP contribution in [0.3, 0.4) is 0 Å². The molecular formula is C12H10FN3. The highest BCUT2D eigenvalue weighted by atomic mass is 19.1. The Morgan fingerprint density at radius 3 is 3.00 bits per heavy atom. The molecule has 4 heteroatoms. The van der Waals surface area contributed by atoms with E-state index in [1.165, 1.54) is 6.07 Å². The van der Waals surface area contributed by atoms with Crippen LogP contribution in [-0.2, 0) is 6.42 Å². The molecule has 0 saturated heterocycles. The number of nitrogens with zero attached hydrogens (tertiary/aromatic N) is 3. The van der Waals surface area contributed by atoms with Crippen molar-refractivity contribution >= 4 is 6.20 Å². The molecule has 0 fully saturated rings. The maximum atomic E-state index is 12.8. The second-order valence-electron chi connectivity index (χ2n) is 3.79. The van der Waals surface area contributed by atoms with Gasteiger partial charge in [-0.1, -0.05) is 6.08 Å². The standard InChI is InChI=1S/C12H10FN3/c1-8-12(9-4-5-10(13)14-7-9)16-6-2-3-11(16)15-8/h2,4-7H,3H2,1H3. The molecule has 1 aliphatic rings. The Hall–Kier alpha value is -1.97. The van der Waals surface area contributed by atoms with Crippen LogP contribution >= 0.6 is 0 Å². The summed E-state index contributed by atoms with van der Waals surface area (Å²) in [6, 6.07) is 3.10. The number of rotatable bonds is 1. The van der Waals surface area contributed by atoms with E-state index in [1.54, 1.807) is 12.3 Å². The van der Waals surface area contributed by atoms with E-state index in [1.807, 2.05) is 17.7 Å². The molecule has 0 atom stereocenters. The predicted octanol–water partition coefficient (Wildman–Crippen LogP) is 2.42. The van der Waals surface area contributed by atoms with Crippen LogP contribution in [0.4, 0.5) is 4.39 Å². The van der Waals surface area contributed by atoms with Gasteiger partial charge in [-0.2, -0.15) is 4.39 Å². The number of aryl methyl sites for hydroxylation is 1. The second kappa shape index (κ2) is 3.27. The minimum atomic E-state index is -0.460. The van der Waals surface area contributed by atoms with Crippen molar-refractivity contribution in [3.63, 3.8) is 0 Å². The fourth-order valence-corrected chi connectivity index (χ4v) is 2.04. The topological polar surface area (TPSA) is 30.7 Å². The molecule has 1 aliphatic heterocycles. The number of allylic oxidation sites excluding steroid dienone is 1. The highest BCUT2D eigenvalue weighted by Gasteiger charge is 2.16. The van der Waals surface area contributed by atoms with Crippen LogP contribution in [0.15, 0.2) is 24.4 Å². The van der Waals surface area contributed by atoms with Crippen LogP contribution < -0.4 is 0 Å². The third kappa shape index (κ3) is 1.26. The summed E-state index contributed by atoms with van der Waals surface area (Å²) >= 11 is 0. The van der Waals surface area contributed by atoms with Crippen molar-refractivity contribution in [1.29, 1.82) is 0 Å². The van der Waals surface area contributed by atoms with Crippen molar-refractivity contribution < 1.29 is 4.39 Å². The van der Waals surface area contributed by atoms with Crippen LogP contribution in [0.25, 0.3) is 17.5 Å². The Bertz CT molecular complexity index is 567. The number of hydrogen-bond donors (Lipinski definition) is 0. The van der Waals surface area contributed by atoms with Crippen molar-refractivity contribution in [2.24, 2.45) is 0 Å². The molecule has 0 bridgehead atoms. The highest BCUT2D eigenvalue weighted by molar-refractivity contribution is 5.65. The van der Waals surface area contributed by atoms with E-state index in [0.29, 0.717) is 0 Å². The molecule has 0 spiro atoms. The van der Waals surface area contributed by atoms with Gasteiger partial charge in [0.2, 0.25) is 5.95 Å². The molecule has 0 radical (unpaired) electrons. The third-order valence-corrected chi connectivity index (χ3v) is 2.71. The molecule has 0 unspecified atom stereocenters. The van der Waals surface area contributed by atoms with Gasteiger partial charge in [0.25, 0.3) is 0 Å². The van der Waals surface area contributed by atoms with Crippen molar-refractivity contribution in [2.45, 2.75) is 13.3 Å². The first-order chi connectivity index (χ1) is 7.75. The van der Waals surface area contributed by atoms with Gasteiger partial charge >= 0.3 is 0 Å². The van der Waals surface area contributed by atoms with Crippen molar-refractivity contribution in [2.75, 3.05) is 0 Å². The van der Waals surface area contributed by atoms with Gasteiger partial charge in [-0.15, -0.1) is 0 Å². The summed E-state index contributed by atoms with van der Waals surface area (Å²) in [7, 11) is 0. The van der Waals surface area contributed by atoms with Gasteiger partial charge in [0, 0.05) is 24.4 Å². The number of pyridine rings is 1. The molecular weight excluding hydrogens is 205 g/mol. The lowest BCUT2D eigenvalue weighted by Crippen LogP contribution is -1.93. The van der Waals surface area contributed by atoms with E-state index in [-0.39, 0.29) is 0 Å². The fourth-order valence-electron chi connectivity index (χ4n) is 2.04. The van der Waals surface area contributed by atoms with Gasteiger partial charge in [0.05, 0.1) is 11.4 Å². The first-order valence-corrected chi connectivity index (χ1v) is 5.12. The zero-order valence-electron chi connectivity index (χ0n) is 8.81. The quantitative estimate of drug-likeness (QED) is 0.684. The largest absolute Gasteiger partial charge is 0.303 e. The van der Waals surface area contributed by atoms with Crippen LogP contribution in [0.1, 0.15) is 11.5 Å². The van der Waals surface area contributed by atoms with Gasteiger partial charge < -0.3 is 4.57 Å². The molecule has 2 aromatic rings. The van der Waals surface area contributed by atoms with Crippen LogP contribution in [-0.4, -0.2) is 14.5 Å². The maximum Gasteiger partial charge on any atom is 0.212 e. The first-order valence-electron chi connectivity index (χ1n) is 5.12. The number of hydrogen-bond acceptors (Lipinski definition) is 2. The number of imidazole rings is 1. The lowest BCUT2D eigenvalue weighted by atomic mass is 10.2. The molecule has 0 aliphatic carbocycles. The minimum absolute atomic E-state index is 0.460. The van der Waals surface area contributed by atoms with E-state index in [2.05, 4.69) is 16.0 Å². The molecule has 2 aromatic heterocycles. The zero-order chi connectivity index (χ0) is 11.1. The van der Waals surface area contributed by atoms with E-state index in [4.69, 9.17) is 0 Å². The van der Waals surface area contributed by atoms with E-state index < -0.39 is 5.95 Å². The lowest BCUT2D eigenvalue weighted by Gasteiger charge is -2.03. The van der Waals surface area contributed by atoms with E-state index in [0.717, 1.165) is 29.2 Å². The highest BCUT2D eigenvalue weighted by Crippen LogP contribution is 2.27. The van der Waals surface area contributed by atoms with Gasteiger partial charge in [-0.25, -0.2) is 9.97 Å². The number of aromatic nitrogens is 3. The molecule has 80 valence electrons. The summed E-state index contributed by atoms with van der Waals surface area (Å²) in [5, 5.41) is 0. The summed E-state index contributed by atoms with van der Waals surface area (Å²) in [6.07, 6.45) is 6.45. The van der Waals surface area contributed by atoms with E-state index >= 15 is 0 Å². The van der Waals surface area contributed by atoms with Gasteiger partial charge in [0.15, 0.2) is 0 Å². The van der Waals surface area contributed by atoms with Crippen LogP contribution in [0.5, 0.6) is 0 Å². The molecule has 3 rings (SSSR count). The SMILES string of the molecule is Cc1nc2n(c1-c1ccc(F)nc1)C=CC2. The molecule has 3 heterocycles. The zero-order valence-corrected chi connectivity index (χ0v) is 8.81. The molecule has 16 heavy (non-hydrogen) atoms. The molecule has 3 nitrogen and oxygen atoms in total. The Morgan fingerprint density at radius 2 is 2.25 bits per heavy atom. The minimum Gasteiger partial charge on any atom is -0.303 e. The lowest BCUT2D eigenvalue weighted by molar-refractivity contribution is 0.584. The Kier molecular flexibility index (Phi) is 1.89. The summed E-state index contributed by atoms with van der Waals surface area (Å²) in [6.45, 7) is 1.96. The smallest absolute Gasteiger partial charge is 0.212 e. The summed E-state index contributed by atoms with van der Waals surface area (Å²) in [5.41, 5.74) is 2.84. The Labute approximate surface area is 92.3 Å². The maximum absolute atomic E-state index is 12.8. The van der Waals surface area contributed by atoms with E-state index in [9.17, 15) is 4.39 Å². The van der Waals surface area contributed by atoms with Crippen molar-refractivity contribution in [3.05, 3.63) is 41.9 Å². The molecule has 0 amide bonds. The second-order valence-corrected chi connectivity index (χ2v) is 3.79. The fraction of sp³-hybridized carbons (Fsp3) is 0.167. The Morgan fingerprint density at radius 1 is 1.38 bits per heavy atom. The molecule has 0 aromatic carbocycles. The summed E-state index contributed by atoms with van der Waals surface area (Å²) in [4.78, 5) is 8.14.